The number of rotatable bonds is 6. The molecule has 1 aliphatic heterocycles. The first-order valence-corrected chi connectivity index (χ1v) is 11.8. The van der Waals surface area contributed by atoms with Crippen molar-refractivity contribution in [3.63, 3.8) is 0 Å². The van der Waals surface area contributed by atoms with E-state index in [1.54, 1.807) is 24.3 Å². The molecule has 1 fully saturated rings. The first kappa shape index (κ1) is 25.6. The number of halogens is 4. The van der Waals surface area contributed by atoms with Gasteiger partial charge in [0, 0.05) is 0 Å². The maximum absolute atomic E-state index is 13.8. The summed E-state index contributed by atoms with van der Waals surface area (Å²) in [6.45, 7) is 5.51. The van der Waals surface area contributed by atoms with Gasteiger partial charge in [-0.1, -0.05) is 49.4 Å². The summed E-state index contributed by atoms with van der Waals surface area (Å²) in [7, 11) is 1.26. The largest absolute Gasteiger partial charge is 0.465 e. The molecule has 1 saturated heterocycles. The van der Waals surface area contributed by atoms with Crippen molar-refractivity contribution in [2.75, 3.05) is 20.2 Å². The lowest BCUT2D eigenvalue weighted by atomic mass is 9.86. The smallest absolute Gasteiger partial charge is 0.416 e. The van der Waals surface area contributed by atoms with E-state index in [0.717, 1.165) is 55.6 Å². The fraction of sp³-hybridized carbons (Fsp3) is 0.276. The molecule has 0 aliphatic carbocycles. The Labute approximate surface area is 208 Å². The van der Waals surface area contributed by atoms with E-state index >= 15 is 0 Å². The zero-order chi connectivity index (χ0) is 25.9. The Balaban J connectivity index is 1.89. The first-order valence-electron chi connectivity index (χ1n) is 11.8. The predicted octanol–water partition coefficient (Wildman–Crippen LogP) is 7.27. The predicted molar refractivity (Wildman–Crippen MR) is 132 cm³/mol. The molecule has 0 aromatic heterocycles. The summed E-state index contributed by atoms with van der Waals surface area (Å²) in [5.74, 6) is -0.934. The van der Waals surface area contributed by atoms with Crippen LogP contribution in [-0.2, 0) is 15.7 Å². The minimum atomic E-state index is -4.45. The molecule has 3 aromatic rings. The van der Waals surface area contributed by atoms with E-state index in [2.05, 4.69) is 11.5 Å². The number of carbonyl (C=O) groups is 1. The molecule has 1 unspecified atom stereocenters. The monoisotopic (exact) mass is 497 g/mol. The normalized spacial score (nSPS) is 15.4. The van der Waals surface area contributed by atoms with Crippen molar-refractivity contribution < 1.29 is 27.1 Å². The molecule has 0 spiro atoms. The van der Waals surface area contributed by atoms with Crippen LogP contribution in [-0.4, -0.2) is 31.1 Å². The number of hydrogen-bond acceptors (Lipinski definition) is 3. The molecule has 36 heavy (non-hydrogen) atoms. The quantitative estimate of drug-likeness (QED) is 0.204. The van der Waals surface area contributed by atoms with Crippen LogP contribution < -0.4 is 0 Å². The van der Waals surface area contributed by atoms with Crippen molar-refractivity contribution in [2.24, 2.45) is 0 Å². The number of hydrogen-bond donors (Lipinski definition) is 0. The number of benzene rings is 3. The molecular weight excluding hydrogens is 470 g/mol. The van der Waals surface area contributed by atoms with Crippen molar-refractivity contribution >= 4 is 11.5 Å². The summed E-state index contributed by atoms with van der Waals surface area (Å²) in [5, 5.41) is 0. The van der Waals surface area contributed by atoms with Crippen LogP contribution >= 0.6 is 0 Å². The fourth-order valence-electron chi connectivity index (χ4n) is 4.72. The van der Waals surface area contributed by atoms with Crippen LogP contribution in [0.3, 0.4) is 0 Å². The minimum Gasteiger partial charge on any atom is -0.465 e. The summed E-state index contributed by atoms with van der Waals surface area (Å²) in [4.78, 5) is 14.5. The van der Waals surface area contributed by atoms with E-state index in [1.165, 1.54) is 31.4 Å². The number of likely N-dealkylation sites (tertiary alicyclic amines) is 1. The number of carbonyl (C=O) groups excluding carboxylic acids is 1. The highest BCUT2D eigenvalue weighted by Gasteiger charge is 2.31. The number of ether oxygens (including phenoxy) is 1. The topological polar surface area (TPSA) is 29.5 Å². The number of methoxy groups -OCH3 is 1. The highest BCUT2D eigenvalue weighted by Crippen LogP contribution is 2.39. The van der Waals surface area contributed by atoms with Gasteiger partial charge in [-0.05, 0) is 84.1 Å². The van der Waals surface area contributed by atoms with Gasteiger partial charge in [-0.15, -0.1) is 0 Å². The van der Waals surface area contributed by atoms with Crippen molar-refractivity contribution in [1.29, 1.82) is 0 Å². The summed E-state index contributed by atoms with van der Waals surface area (Å²) in [5.41, 5.74) is 2.89. The molecule has 0 amide bonds. The van der Waals surface area contributed by atoms with E-state index in [4.69, 9.17) is 4.74 Å². The second kappa shape index (κ2) is 10.7. The Hall–Kier alpha value is -3.45. The van der Waals surface area contributed by atoms with E-state index in [1.807, 2.05) is 6.07 Å². The fourth-order valence-corrected chi connectivity index (χ4v) is 4.72. The standard InChI is InChI=1S/C29H27F4NO2/c1-19(28(35)36-2)22-10-15-25(26(18-22)20-6-11-23(12-7-20)29(31,32)33)27(34-16-4-3-5-17-34)21-8-13-24(30)14-9-21/h6-15,18,27H,1,3-5,16-17H2,2H3. The van der Waals surface area contributed by atoms with E-state index in [-0.39, 0.29) is 17.4 Å². The Bertz CT molecular complexity index is 1230. The van der Waals surface area contributed by atoms with Crippen LogP contribution in [0.15, 0.2) is 73.3 Å². The van der Waals surface area contributed by atoms with Crippen LogP contribution in [0.1, 0.15) is 47.6 Å². The van der Waals surface area contributed by atoms with Gasteiger partial charge in [0.1, 0.15) is 5.82 Å². The zero-order valence-electron chi connectivity index (χ0n) is 19.9. The zero-order valence-corrected chi connectivity index (χ0v) is 19.9. The van der Waals surface area contributed by atoms with E-state index < -0.39 is 17.7 Å². The maximum atomic E-state index is 13.8. The van der Waals surface area contributed by atoms with Crippen molar-refractivity contribution in [3.8, 4) is 11.1 Å². The molecule has 7 heteroatoms. The van der Waals surface area contributed by atoms with Gasteiger partial charge in [-0.2, -0.15) is 13.2 Å². The molecule has 3 aromatic carbocycles. The van der Waals surface area contributed by atoms with E-state index in [0.29, 0.717) is 16.7 Å². The molecule has 4 rings (SSSR count). The van der Waals surface area contributed by atoms with Crippen LogP contribution in [0.2, 0.25) is 0 Å². The molecule has 188 valence electrons. The molecular formula is C29H27F4NO2. The highest BCUT2D eigenvalue weighted by atomic mass is 19.4. The van der Waals surface area contributed by atoms with Gasteiger partial charge in [0.15, 0.2) is 0 Å². The number of nitrogens with zero attached hydrogens (tertiary/aromatic N) is 1. The lowest BCUT2D eigenvalue weighted by Crippen LogP contribution is -2.34. The third-order valence-electron chi connectivity index (χ3n) is 6.59. The van der Waals surface area contributed by atoms with Crippen molar-refractivity contribution in [2.45, 2.75) is 31.5 Å². The molecule has 1 heterocycles. The number of alkyl halides is 3. The first-order chi connectivity index (χ1) is 17.2. The Morgan fingerprint density at radius 3 is 2.17 bits per heavy atom. The van der Waals surface area contributed by atoms with Crippen molar-refractivity contribution in [1.82, 2.24) is 4.90 Å². The molecule has 0 saturated carbocycles. The van der Waals surface area contributed by atoms with Crippen LogP contribution in [0.4, 0.5) is 17.6 Å². The van der Waals surface area contributed by atoms with Crippen LogP contribution in [0.25, 0.3) is 16.7 Å². The molecule has 1 aliphatic rings. The van der Waals surface area contributed by atoms with Crippen LogP contribution in [0.5, 0.6) is 0 Å². The molecule has 1 atom stereocenters. The SMILES string of the molecule is C=C(C(=O)OC)c1ccc(C(c2ccc(F)cc2)N2CCCCC2)c(-c2ccc(C(F)(F)F)cc2)c1. The van der Waals surface area contributed by atoms with Gasteiger partial charge in [0.2, 0.25) is 0 Å². The average molecular weight is 498 g/mol. The van der Waals surface area contributed by atoms with Crippen LogP contribution in [0, 0.1) is 5.82 Å². The molecule has 3 nitrogen and oxygen atoms in total. The third-order valence-corrected chi connectivity index (χ3v) is 6.59. The Morgan fingerprint density at radius 1 is 0.944 bits per heavy atom. The third kappa shape index (κ3) is 5.51. The highest BCUT2D eigenvalue weighted by molar-refractivity contribution is 6.15. The van der Waals surface area contributed by atoms with Gasteiger partial charge >= 0.3 is 12.1 Å². The average Bonchev–Trinajstić information content (AvgIpc) is 2.89. The second-order valence-electron chi connectivity index (χ2n) is 8.90. The summed E-state index contributed by atoms with van der Waals surface area (Å²) in [6, 6.07) is 16.4. The minimum absolute atomic E-state index is 0.147. The molecule has 0 radical (unpaired) electrons. The molecule has 0 N–H and O–H groups in total. The summed E-state index contributed by atoms with van der Waals surface area (Å²) < 4.78 is 58.2. The van der Waals surface area contributed by atoms with Gasteiger partial charge in [-0.25, -0.2) is 9.18 Å². The lowest BCUT2D eigenvalue weighted by molar-refractivity contribution is -0.137. The number of esters is 1. The number of piperidine rings is 1. The Kier molecular flexibility index (Phi) is 7.59. The second-order valence-corrected chi connectivity index (χ2v) is 8.90. The molecule has 0 bridgehead atoms. The van der Waals surface area contributed by atoms with E-state index in [9.17, 15) is 22.4 Å². The summed E-state index contributed by atoms with van der Waals surface area (Å²) >= 11 is 0. The van der Waals surface area contributed by atoms with Gasteiger partial charge in [0.25, 0.3) is 0 Å². The Morgan fingerprint density at radius 2 is 1.58 bits per heavy atom. The van der Waals surface area contributed by atoms with Crippen molar-refractivity contribution in [3.05, 3.63) is 101 Å². The van der Waals surface area contributed by atoms with Gasteiger partial charge < -0.3 is 4.74 Å². The summed E-state index contributed by atoms with van der Waals surface area (Å²) in [6.07, 6.45) is -1.29. The maximum Gasteiger partial charge on any atom is 0.416 e. The van der Waals surface area contributed by atoms with Gasteiger partial charge in [0.05, 0.1) is 24.3 Å². The lowest BCUT2D eigenvalue weighted by Gasteiger charge is -2.36. The van der Waals surface area contributed by atoms with Gasteiger partial charge in [-0.3, -0.25) is 4.90 Å².